The SMILES string of the molecule is C/C=C/C1CCC(C(CO)CO)CC1. The summed E-state index contributed by atoms with van der Waals surface area (Å²) in [4.78, 5) is 0. The van der Waals surface area contributed by atoms with Crippen molar-refractivity contribution in [3.8, 4) is 0 Å². The van der Waals surface area contributed by atoms with Crippen LogP contribution in [0.5, 0.6) is 0 Å². The minimum atomic E-state index is 0.113. The fraction of sp³-hybridized carbons (Fsp3) is 0.833. The van der Waals surface area contributed by atoms with Gasteiger partial charge in [-0.3, -0.25) is 0 Å². The maximum absolute atomic E-state index is 9.07. The molecule has 2 nitrogen and oxygen atoms in total. The van der Waals surface area contributed by atoms with E-state index in [0.29, 0.717) is 5.92 Å². The summed E-state index contributed by atoms with van der Waals surface area (Å²) >= 11 is 0. The van der Waals surface area contributed by atoms with Crippen molar-refractivity contribution in [2.24, 2.45) is 17.8 Å². The first-order chi connectivity index (χ1) is 6.81. The molecular weight excluding hydrogens is 176 g/mol. The molecule has 1 rings (SSSR count). The van der Waals surface area contributed by atoms with Gasteiger partial charge in [0.2, 0.25) is 0 Å². The lowest BCUT2D eigenvalue weighted by molar-refractivity contribution is 0.0833. The molecule has 0 aliphatic heterocycles. The molecule has 1 saturated carbocycles. The average molecular weight is 198 g/mol. The van der Waals surface area contributed by atoms with Crippen molar-refractivity contribution in [2.45, 2.75) is 32.6 Å². The van der Waals surface area contributed by atoms with Crippen LogP contribution in [-0.4, -0.2) is 23.4 Å². The number of hydrogen-bond acceptors (Lipinski definition) is 2. The maximum Gasteiger partial charge on any atom is 0.0483 e. The average Bonchev–Trinajstić information content (AvgIpc) is 2.23. The monoisotopic (exact) mass is 198 g/mol. The maximum atomic E-state index is 9.07. The normalized spacial score (nSPS) is 28.9. The predicted molar refractivity (Wildman–Crippen MR) is 57.9 cm³/mol. The molecule has 0 amide bonds. The van der Waals surface area contributed by atoms with Crippen LogP contribution in [0, 0.1) is 17.8 Å². The molecule has 0 heterocycles. The third-order valence-corrected chi connectivity index (χ3v) is 3.42. The first-order valence-corrected chi connectivity index (χ1v) is 5.66. The Morgan fingerprint density at radius 2 is 1.71 bits per heavy atom. The molecule has 1 fully saturated rings. The van der Waals surface area contributed by atoms with Crippen molar-refractivity contribution in [1.29, 1.82) is 0 Å². The quantitative estimate of drug-likeness (QED) is 0.678. The zero-order valence-electron chi connectivity index (χ0n) is 9.02. The van der Waals surface area contributed by atoms with Gasteiger partial charge in [0.15, 0.2) is 0 Å². The molecular formula is C12H22O2. The van der Waals surface area contributed by atoms with Gasteiger partial charge < -0.3 is 10.2 Å². The van der Waals surface area contributed by atoms with E-state index >= 15 is 0 Å². The number of rotatable bonds is 4. The Morgan fingerprint density at radius 1 is 1.14 bits per heavy atom. The highest BCUT2D eigenvalue weighted by atomic mass is 16.3. The van der Waals surface area contributed by atoms with Gasteiger partial charge in [0, 0.05) is 19.1 Å². The summed E-state index contributed by atoms with van der Waals surface area (Å²) in [6.07, 6.45) is 9.14. The van der Waals surface area contributed by atoms with Crippen LogP contribution in [0.2, 0.25) is 0 Å². The fourth-order valence-electron chi connectivity index (χ4n) is 2.44. The number of hydrogen-bond donors (Lipinski definition) is 2. The van der Waals surface area contributed by atoms with E-state index in [1.807, 2.05) is 0 Å². The van der Waals surface area contributed by atoms with Crippen molar-refractivity contribution >= 4 is 0 Å². The third-order valence-electron chi connectivity index (χ3n) is 3.42. The molecule has 0 aromatic carbocycles. The van der Waals surface area contributed by atoms with Gasteiger partial charge in [-0.15, -0.1) is 0 Å². The van der Waals surface area contributed by atoms with Gasteiger partial charge in [0.05, 0.1) is 0 Å². The molecule has 0 saturated heterocycles. The van der Waals surface area contributed by atoms with E-state index in [1.54, 1.807) is 0 Å². The van der Waals surface area contributed by atoms with E-state index in [2.05, 4.69) is 19.1 Å². The molecule has 0 radical (unpaired) electrons. The van der Waals surface area contributed by atoms with E-state index in [-0.39, 0.29) is 19.1 Å². The summed E-state index contributed by atoms with van der Waals surface area (Å²) in [5.74, 6) is 1.38. The summed E-state index contributed by atoms with van der Waals surface area (Å²) in [5, 5.41) is 18.1. The topological polar surface area (TPSA) is 40.5 Å². The number of aliphatic hydroxyl groups excluding tert-OH is 2. The van der Waals surface area contributed by atoms with Crippen molar-refractivity contribution < 1.29 is 10.2 Å². The molecule has 1 aliphatic carbocycles. The zero-order valence-corrected chi connectivity index (χ0v) is 9.02. The highest BCUT2D eigenvalue weighted by Crippen LogP contribution is 2.33. The van der Waals surface area contributed by atoms with Crippen LogP contribution >= 0.6 is 0 Å². The van der Waals surface area contributed by atoms with Crippen LogP contribution in [0.4, 0.5) is 0 Å². The molecule has 0 unspecified atom stereocenters. The highest BCUT2D eigenvalue weighted by molar-refractivity contribution is 4.89. The lowest BCUT2D eigenvalue weighted by Crippen LogP contribution is -2.26. The Morgan fingerprint density at radius 3 is 2.14 bits per heavy atom. The highest BCUT2D eigenvalue weighted by Gasteiger charge is 2.25. The van der Waals surface area contributed by atoms with Crippen LogP contribution in [0.25, 0.3) is 0 Å². The van der Waals surface area contributed by atoms with Crippen molar-refractivity contribution in [1.82, 2.24) is 0 Å². The van der Waals surface area contributed by atoms with Gasteiger partial charge in [-0.2, -0.15) is 0 Å². The molecule has 2 N–H and O–H groups in total. The standard InChI is InChI=1S/C12H22O2/c1-2-3-10-4-6-11(7-5-10)12(8-13)9-14/h2-3,10-14H,4-9H2,1H3/b3-2+. The van der Waals surface area contributed by atoms with Crippen molar-refractivity contribution in [3.63, 3.8) is 0 Å². The van der Waals surface area contributed by atoms with Crippen LogP contribution in [0.15, 0.2) is 12.2 Å². The molecule has 14 heavy (non-hydrogen) atoms. The van der Waals surface area contributed by atoms with Gasteiger partial charge in [0.1, 0.15) is 0 Å². The second kappa shape index (κ2) is 6.20. The largest absolute Gasteiger partial charge is 0.396 e. The Kier molecular flexibility index (Phi) is 5.20. The fourth-order valence-corrected chi connectivity index (χ4v) is 2.44. The second-order valence-electron chi connectivity index (χ2n) is 4.33. The Bertz CT molecular complexity index is 165. The Labute approximate surface area is 86.6 Å². The minimum absolute atomic E-state index is 0.113. The smallest absolute Gasteiger partial charge is 0.0483 e. The number of allylic oxidation sites excluding steroid dienone is 2. The Balaban J connectivity index is 2.34. The van der Waals surface area contributed by atoms with Crippen molar-refractivity contribution in [2.75, 3.05) is 13.2 Å². The van der Waals surface area contributed by atoms with E-state index in [1.165, 1.54) is 12.8 Å². The lowest BCUT2D eigenvalue weighted by atomic mass is 9.76. The first-order valence-electron chi connectivity index (χ1n) is 5.66. The molecule has 1 aliphatic rings. The van der Waals surface area contributed by atoms with Crippen LogP contribution < -0.4 is 0 Å². The summed E-state index contributed by atoms with van der Waals surface area (Å²) in [6.45, 7) is 2.33. The van der Waals surface area contributed by atoms with Crippen LogP contribution in [0.1, 0.15) is 32.6 Å². The van der Waals surface area contributed by atoms with Gasteiger partial charge in [0.25, 0.3) is 0 Å². The molecule has 0 bridgehead atoms. The molecule has 0 atom stereocenters. The molecule has 0 spiro atoms. The van der Waals surface area contributed by atoms with E-state index in [9.17, 15) is 0 Å². The third kappa shape index (κ3) is 3.10. The summed E-state index contributed by atoms with van der Waals surface area (Å²) in [7, 11) is 0. The van der Waals surface area contributed by atoms with Gasteiger partial charge in [-0.1, -0.05) is 12.2 Å². The molecule has 0 aromatic rings. The van der Waals surface area contributed by atoms with Crippen LogP contribution in [0.3, 0.4) is 0 Å². The van der Waals surface area contributed by atoms with Crippen LogP contribution in [-0.2, 0) is 0 Å². The van der Waals surface area contributed by atoms with E-state index in [0.717, 1.165) is 18.8 Å². The van der Waals surface area contributed by atoms with E-state index in [4.69, 9.17) is 10.2 Å². The zero-order chi connectivity index (χ0) is 10.4. The number of aliphatic hydroxyl groups is 2. The van der Waals surface area contributed by atoms with E-state index < -0.39 is 0 Å². The first kappa shape index (κ1) is 11.7. The minimum Gasteiger partial charge on any atom is -0.396 e. The molecule has 2 heteroatoms. The van der Waals surface area contributed by atoms with Gasteiger partial charge in [-0.05, 0) is 44.4 Å². The Hall–Kier alpha value is -0.340. The summed E-state index contributed by atoms with van der Waals surface area (Å²) < 4.78 is 0. The van der Waals surface area contributed by atoms with Gasteiger partial charge in [-0.25, -0.2) is 0 Å². The summed E-state index contributed by atoms with van der Waals surface area (Å²) in [5.41, 5.74) is 0. The summed E-state index contributed by atoms with van der Waals surface area (Å²) in [6, 6.07) is 0. The molecule has 82 valence electrons. The predicted octanol–water partition coefficient (Wildman–Crippen LogP) is 1.97. The lowest BCUT2D eigenvalue weighted by Gasteiger charge is -2.31. The van der Waals surface area contributed by atoms with Gasteiger partial charge >= 0.3 is 0 Å². The molecule has 0 aromatic heterocycles. The van der Waals surface area contributed by atoms with Crippen molar-refractivity contribution in [3.05, 3.63) is 12.2 Å². The second-order valence-corrected chi connectivity index (χ2v) is 4.33.